The third kappa shape index (κ3) is 5.56. The van der Waals surface area contributed by atoms with E-state index in [1.54, 1.807) is 0 Å². The van der Waals surface area contributed by atoms with E-state index in [-0.39, 0.29) is 0 Å². The summed E-state index contributed by atoms with van der Waals surface area (Å²) in [5.74, 6) is -8.45. The van der Waals surface area contributed by atoms with Crippen LogP contribution < -0.4 is 0 Å². The zero-order valence-electron chi connectivity index (χ0n) is 15.5. The molecule has 1 spiro atoms. The number of carbonyl (C=O) groups excluding carboxylic acids is 4. The molecule has 0 bridgehead atoms. The molecule has 3 rings (SSSR count). The molecule has 168 valence electrons. The van der Waals surface area contributed by atoms with E-state index in [4.69, 9.17) is 4.18 Å². The van der Waals surface area contributed by atoms with Gasteiger partial charge in [-0.2, -0.15) is 8.42 Å². The normalized spacial score (nSPS) is 27.9. The maximum absolute atomic E-state index is 13.6. The molecule has 0 saturated carbocycles. The van der Waals surface area contributed by atoms with Crippen molar-refractivity contribution in [3.05, 3.63) is 0 Å². The van der Waals surface area contributed by atoms with Gasteiger partial charge in [0.2, 0.25) is 0 Å². The van der Waals surface area contributed by atoms with Crippen molar-refractivity contribution >= 4 is 41.5 Å². The number of quaternary nitrogens is 1. The molecule has 0 N–H and O–H groups in total. The Morgan fingerprint density at radius 1 is 0.931 bits per heavy atom. The van der Waals surface area contributed by atoms with Crippen molar-refractivity contribution in [2.75, 3.05) is 39.5 Å². The minimum absolute atomic E-state index is 0.326. The van der Waals surface area contributed by atoms with Crippen molar-refractivity contribution in [3.8, 4) is 0 Å². The van der Waals surface area contributed by atoms with Gasteiger partial charge in [0.25, 0.3) is 10.1 Å². The predicted octanol–water partition coefficient (Wildman–Crippen LogP) is 0.297. The molecule has 3 heterocycles. The molecule has 0 aromatic heterocycles. The first-order valence-corrected chi connectivity index (χ1v) is 12.2. The fraction of sp³-hybridized carbons (Fsp3) is 0.692. The number of halogens is 2. The van der Waals surface area contributed by atoms with Crippen molar-refractivity contribution < 1.29 is 62.8 Å². The Hall–Kier alpha value is -1.96. The Kier molecular flexibility index (Phi) is 5.46. The first-order valence-electron chi connectivity index (χ1n) is 8.29. The fourth-order valence-corrected chi connectivity index (χ4v) is 5.15. The van der Waals surface area contributed by atoms with Crippen molar-refractivity contribution in [3.63, 3.8) is 0 Å². The molecular formula is C13H20F2NO11PS. The molecule has 12 nitrogen and oxygen atoms in total. The van der Waals surface area contributed by atoms with Crippen molar-refractivity contribution in [1.29, 1.82) is 0 Å². The van der Waals surface area contributed by atoms with Crippen LogP contribution in [0.5, 0.6) is 0 Å². The van der Waals surface area contributed by atoms with Crippen molar-refractivity contribution in [2.45, 2.75) is 19.3 Å². The predicted molar refractivity (Wildman–Crippen MR) is 88.9 cm³/mol. The summed E-state index contributed by atoms with van der Waals surface area (Å²) in [6.07, 6.45) is 4.51. The summed E-state index contributed by atoms with van der Waals surface area (Å²) in [5.41, 5.74) is 0. The summed E-state index contributed by atoms with van der Waals surface area (Å²) in [5, 5.41) is 0. The van der Waals surface area contributed by atoms with Gasteiger partial charge in [0.15, 0.2) is 0 Å². The van der Waals surface area contributed by atoms with Gasteiger partial charge in [-0.25, -0.2) is 0 Å². The Morgan fingerprint density at radius 3 is 1.66 bits per heavy atom. The summed E-state index contributed by atoms with van der Waals surface area (Å²) in [6, 6.07) is 0. The van der Waals surface area contributed by atoms with Crippen LogP contribution in [0.1, 0.15) is 19.3 Å². The molecule has 0 aromatic rings. The number of nitrogens with zero attached hydrogens (tertiary/aromatic N) is 1. The van der Waals surface area contributed by atoms with E-state index in [0.717, 1.165) is 23.7 Å². The van der Waals surface area contributed by atoms with Gasteiger partial charge in [-0.3, -0.25) is 4.18 Å². The molecule has 3 aliphatic rings. The average Bonchev–Trinajstić information content (AvgIpc) is 3.10. The molecular weight excluding hydrogens is 447 g/mol. The summed E-state index contributed by atoms with van der Waals surface area (Å²) in [6.45, 7) is 3.79. The Labute approximate surface area is 163 Å². The molecule has 0 radical (unpaired) electrons. The Morgan fingerprint density at radius 2 is 1.31 bits per heavy atom. The number of hydrogen-bond acceptors (Lipinski definition) is 11. The average molecular weight is 467 g/mol. The van der Waals surface area contributed by atoms with Gasteiger partial charge in [0, 0.05) is 19.3 Å². The Bertz CT molecular complexity index is 796. The van der Waals surface area contributed by atoms with Crippen LogP contribution in [-0.4, -0.2) is 76.3 Å². The zero-order valence-corrected chi connectivity index (χ0v) is 17.2. The van der Waals surface area contributed by atoms with Crippen LogP contribution >= 0.6 is 7.47 Å². The SMILES string of the molecule is C[N+]1(CCCOS(C)(=O)=O)CCCC1.O=C1O[P-]2(F)(F)(OC1=O)OC(=O)C(=O)O2. The molecule has 0 unspecified atom stereocenters. The van der Waals surface area contributed by atoms with E-state index in [9.17, 15) is 36.0 Å². The van der Waals surface area contributed by atoms with Gasteiger partial charge < -0.3 is 4.48 Å². The number of rotatable bonds is 5. The molecule has 3 aliphatic heterocycles. The molecule has 0 aliphatic carbocycles. The maximum atomic E-state index is 13.6. The molecule has 0 amide bonds. The van der Waals surface area contributed by atoms with E-state index < -0.39 is 41.5 Å². The summed E-state index contributed by atoms with van der Waals surface area (Å²) >= 11 is 0. The van der Waals surface area contributed by atoms with E-state index in [0.29, 0.717) is 6.61 Å². The second-order valence-corrected chi connectivity index (χ2v) is 11.5. The molecule has 29 heavy (non-hydrogen) atoms. The van der Waals surface area contributed by atoms with Crippen molar-refractivity contribution in [2.24, 2.45) is 0 Å². The molecule has 0 aromatic carbocycles. The van der Waals surface area contributed by atoms with Crippen LogP contribution in [0.4, 0.5) is 8.39 Å². The van der Waals surface area contributed by atoms with Crippen molar-refractivity contribution in [1.82, 2.24) is 0 Å². The van der Waals surface area contributed by atoms with E-state index in [1.165, 1.54) is 25.9 Å². The molecule has 0 atom stereocenters. The van der Waals surface area contributed by atoms with Crippen LogP contribution in [0.2, 0.25) is 0 Å². The minimum atomic E-state index is -8.28. The second kappa shape index (κ2) is 6.79. The fourth-order valence-electron chi connectivity index (χ4n) is 2.90. The summed E-state index contributed by atoms with van der Waals surface area (Å²) in [7, 11) is -9.29. The van der Waals surface area contributed by atoms with Crippen LogP contribution in [0.25, 0.3) is 0 Å². The van der Waals surface area contributed by atoms with Gasteiger partial charge in [-0.1, -0.05) is 0 Å². The molecule has 3 saturated heterocycles. The van der Waals surface area contributed by atoms with E-state index in [2.05, 4.69) is 25.1 Å². The number of likely N-dealkylation sites (tertiary alicyclic amines) is 1. The molecule has 3 fully saturated rings. The van der Waals surface area contributed by atoms with Crippen LogP contribution in [0.3, 0.4) is 0 Å². The quantitative estimate of drug-likeness (QED) is 0.181. The van der Waals surface area contributed by atoms with Crippen LogP contribution in [0, 0.1) is 0 Å². The van der Waals surface area contributed by atoms with Crippen LogP contribution in [-0.2, 0) is 51.6 Å². The van der Waals surface area contributed by atoms with Gasteiger partial charge in [0.05, 0.1) is 39.5 Å². The first kappa shape index (κ1) is 23.3. The van der Waals surface area contributed by atoms with E-state index in [1.807, 2.05) is 0 Å². The Balaban J connectivity index is 0.000000208. The number of hydrogen-bond donors (Lipinski definition) is 0. The standard InChI is InChI=1S/C9H20NO3S.C4F2O8P/c1-10(6-3-4-7-10)8-5-9-13-14(2,11)12;5-15(6,11-1(7)2(8)12-15)13-3(9)4(10)14-15/h3-9H2,1-2H3;/q+1;-1. The monoisotopic (exact) mass is 467 g/mol. The summed E-state index contributed by atoms with van der Waals surface area (Å²) in [4.78, 5) is 41.7. The van der Waals surface area contributed by atoms with Gasteiger partial charge in [-0.05, 0) is 0 Å². The summed E-state index contributed by atoms with van der Waals surface area (Å²) < 4.78 is 67.3. The van der Waals surface area contributed by atoms with E-state index >= 15 is 0 Å². The second-order valence-electron chi connectivity index (χ2n) is 6.96. The topological polar surface area (TPSA) is 149 Å². The zero-order chi connectivity index (χ0) is 22.2. The number of carbonyl (C=O) groups is 4. The third-order valence-electron chi connectivity index (χ3n) is 4.17. The third-order valence-corrected chi connectivity index (χ3v) is 6.88. The van der Waals surface area contributed by atoms with Gasteiger partial charge in [-0.15, -0.1) is 0 Å². The van der Waals surface area contributed by atoms with Crippen LogP contribution in [0.15, 0.2) is 0 Å². The first-order chi connectivity index (χ1) is 13.0. The van der Waals surface area contributed by atoms with Gasteiger partial charge in [0.1, 0.15) is 0 Å². The molecule has 16 heteroatoms. The van der Waals surface area contributed by atoms with Gasteiger partial charge >= 0.3 is 77.0 Å².